The summed E-state index contributed by atoms with van der Waals surface area (Å²) in [7, 11) is 0. The van der Waals surface area contributed by atoms with E-state index in [1.54, 1.807) is 36.4 Å². The fraction of sp³-hybridized carbons (Fsp3) is 0.167. The van der Waals surface area contributed by atoms with Crippen LogP contribution in [0.5, 0.6) is 11.5 Å². The summed E-state index contributed by atoms with van der Waals surface area (Å²) < 4.78 is 25.6. The molecule has 0 N–H and O–H groups in total. The molecule has 0 saturated heterocycles. The van der Waals surface area contributed by atoms with Crippen LogP contribution >= 0.6 is 11.8 Å². The monoisotopic (exact) mass is 640 g/mol. The molecule has 236 valence electrons. The second-order valence-electron chi connectivity index (χ2n) is 9.66. The minimum Gasteiger partial charge on any atom is -0.490 e. The molecule has 46 heavy (non-hydrogen) atoms. The lowest BCUT2D eigenvalue weighted by atomic mass is 10.0. The van der Waals surface area contributed by atoms with Crippen molar-refractivity contribution in [1.29, 1.82) is 0 Å². The van der Waals surface area contributed by atoms with Gasteiger partial charge in [0.1, 0.15) is 24.7 Å². The Kier molecular flexibility index (Phi) is 12.6. The fourth-order valence-corrected chi connectivity index (χ4v) is 4.85. The smallest absolute Gasteiger partial charge is 0.490 e. The first kappa shape index (κ1) is 33.5. The van der Waals surface area contributed by atoms with Gasteiger partial charge in [-0.15, -0.1) is 0 Å². The maximum Gasteiger partial charge on any atom is 0.513 e. The van der Waals surface area contributed by atoms with Crippen LogP contribution in [-0.4, -0.2) is 49.6 Å². The summed E-state index contributed by atoms with van der Waals surface area (Å²) in [6, 6.07) is 25.8. The zero-order valence-electron chi connectivity index (χ0n) is 25.0. The van der Waals surface area contributed by atoms with Gasteiger partial charge in [0.05, 0.1) is 13.2 Å². The lowest BCUT2D eigenvalue weighted by Crippen LogP contribution is -2.12. The molecule has 0 aliphatic carbocycles. The van der Waals surface area contributed by atoms with Gasteiger partial charge in [0.25, 0.3) is 0 Å². The van der Waals surface area contributed by atoms with Crippen molar-refractivity contribution in [2.75, 3.05) is 26.4 Å². The number of hydrogen-bond donors (Lipinski definition) is 0. The second-order valence-corrected chi connectivity index (χ2v) is 10.7. The molecule has 0 atom stereocenters. The van der Waals surface area contributed by atoms with Gasteiger partial charge in [-0.25, -0.2) is 14.4 Å². The van der Waals surface area contributed by atoms with Gasteiger partial charge in [0, 0.05) is 22.6 Å². The third kappa shape index (κ3) is 10.4. The number of carbonyl (C=O) groups is 4. The molecule has 0 aliphatic heterocycles. The van der Waals surface area contributed by atoms with Gasteiger partial charge < -0.3 is 23.7 Å². The minimum absolute atomic E-state index is 0.122. The maximum absolute atomic E-state index is 12.9. The Balaban J connectivity index is 1.24. The molecule has 10 heteroatoms. The molecule has 0 amide bonds. The zero-order valence-corrected chi connectivity index (χ0v) is 25.8. The van der Waals surface area contributed by atoms with E-state index in [0.717, 1.165) is 45.8 Å². The van der Waals surface area contributed by atoms with E-state index in [0.29, 0.717) is 29.1 Å². The molecule has 0 spiro atoms. The summed E-state index contributed by atoms with van der Waals surface area (Å²) in [6.07, 6.45) is 2.41. The summed E-state index contributed by atoms with van der Waals surface area (Å²) in [4.78, 5) is 47.6. The highest BCUT2D eigenvalue weighted by Gasteiger charge is 2.11. The number of rotatable bonds is 15. The average Bonchev–Trinajstić information content (AvgIpc) is 3.08. The maximum atomic E-state index is 12.9. The molecule has 0 fully saturated rings. The van der Waals surface area contributed by atoms with Crippen LogP contribution in [0.15, 0.2) is 115 Å². The van der Waals surface area contributed by atoms with Gasteiger partial charge in [0.15, 0.2) is 0 Å². The first-order chi connectivity index (χ1) is 22.3. The predicted molar refractivity (Wildman–Crippen MR) is 175 cm³/mol. The van der Waals surface area contributed by atoms with E-state index in [-0.39, 0.29) is 37.3 Å². The van der Waals surface area contributed by atoms with Crippen molar-refractivity contribution in [2.24, 2.45) is 0 Å². The second kappa shape index (κ2) is 17.2. The molecular formula is C36H32O9S. The topological polar surface area (TPSA) is 114 Å². The Morgan fingerprint density at radius 2 is 1.20 bits per heavy atom. The van der Waals surface area contributed by atoms with E-state index in [4.69, 9.17) is 23.7 Å². The Bertz CT molecular complexity index is 1700. The highest BCUT2D eigenvalue weighted by molar-refractivity contribution is 8.14. The number of ether oxygens (including phenoxy) is 5. The summed E-state index contributed by atoms with van der Waals surface area (Å²) in [5.74, 6) is -0.0154. The van der Waals surface area contributed by atoms with E-state index in [2.05, 4.69) is 19.2 Å². The fourth-order valence-electron chi connectivity index (χ4n) is 4.11. The van der Waals surface area contributed by atoms with E-state index in [1.807, 2.05) is 42.5 Å². The van der Waals surface area contributed by atoms with Crippen LogP contribution in [0, 0.1) is 0 Å². The van der Waals surface area contributed by atoms with Gasteiger partial charge >= 0.3 is 18.1 Å². The molecule has 0 aromatic heterocycles. The Morgan fingerprint density at radius 3 is 1.89 bits per heavy atom. The van der Waals surface area contributed by atoms with Gasteiger partial charge in [0.2, 0.25) is 5.12 Å². The van der Waals surface area contributed by atoms with Crippen LogP contribution in [0.1, 0.15) is 23.2 Å². The molecule has 4 aromatic carbocycles. The number of carbonyl (C=O) groups excluding carboxylic acids is 4. The van der Waals surface area contributed by atoms with Crippen molar-refractivity contribution in [2.45, 2.75) is 17.7 Å². The molecule has 0 bridgehead atoms. The number of thioether (sulfide) groups is 1. The molecule has 0 unspecified atom stereocenters. The van der Waals surface area contributed by atoms with E-state index >= 15 is 0 Å². The van der Waals surface area contributed by atoms with Crippen molar-refractivity contribution >= 4 is 45.7 Å². The normalized spacial score (nSPS) is 10.4. The standard InChI is InChI=1S/C36H32O9S/c1-3-33(37)42-19-5-6-20-44-36(40)45-30-15-17-32(18-16-30)46-35(39)26-9-7-25(8-10-26)27-11-12-29-24-31(14-13-28(29)23-27)41-21-22-43-34(38)4-2/h3-4,7-18,23-24H,1-2,5-6,19-22H2. The number of fused-ring (bicyclic) bond motifs is 1. The number of esters is 2. The Hall–Kier alpha value is -5.35. The third-order valence-electron chi connectivity index (χ3n) is 6.43. The summed E-state index contributed by atoms with van der Waals surface area (Å²) >= 11 is 1.07. The Labute approximate surface area is 270 Å². The first-order valence-corrected chi connectivity index (χ1v) is 15.2. The van der Waals surface area contributed by atoms with E-state index in [1.165, 1.54) is 0 Å². The molecular weight excluding hydrogens is 608 g/mol. The van der Waals surface area contributed by atoms with Crippen LogP contribution in [0.3, 0.4) is 0 Å². The number of benzene rings is 4. The van der Waals surface area contributed by atoms with E-state index < -0.39 is 18.1 Å². The van der Waals surface area contributed by atoms with Gasteiger partial charge in [-0.2, -0.15) is 0 Å². The highest BCUT2D eigenvalue weighted by atomic mass is 32.2. The lowest BCUT2D eigenvalue weighted by molar-refractivity contribution is -0.139. The zero-order chi connectivity index (χ0) is 32.7. The largest absolute Gasteiger partial charge is 0.513 e. The number of hydrogen-bond acceptors (Lipinski definition) is 10. The molecule has 4 aromatic rings. The molecule has 0 saturated carbocycles. The van der Waals surface area contributed by atoms with E-state index in [9.17, 15) is 19.2 Å². The van der Waals surface area contributed by atoms with Crippen LogP contribution in [0.25, 0.3) is 21.9 Å². The van der Waals surface area contributed by atoms with Crippen LogP contribution in [0.2, 0.25) is 0 Å². The molecule has 0 aliphatic rings. The predicted octanol–water partition coefficient (Wildman–Crippen LogP) is 7.57. The van der Waals surface area contributed by atoms with Crippen LogP contribution in [-0.2, 0) is 23.8 Å². The van der Waals surface area contributed by atoms with Gasteiger partial charge in [-0.1, -0.05) is 43.5 Å². The van der Waals surface area contributed by atoms with Crippen molar-refractivity contribution in [3.05, 3.63) is 116 Å². The van der Waals surface area contributed by atoms with Crippen molar-refractivity contribution in [3.8, 4) is 22.6 Å². The third-order valence-corrected chi connectivity index (χ3v) is 7.36. The summed E-state index contributed by atoms with van der Waals surface area (Å²) in [5.41, 5.74) is 2.53. The average molecular weight is 641 g/mol. The summed E-state index contributed by atoms with van der Waals surface area (Å²) in [6.45, 7) is 7.39. The molecule has 0 heterocycles. The first-order valence-electron chi connectivity index (χ1n) is 14.4. The van der Waals surface area contributed by atoms with Gasteiger partial charge in [-0.05, 0) is 101 Å². The van der Waals surface area contributed by atoms with Crippen LogP contribution < -0.4 is 9.47 Å². The van der Waals surface area contributed by atoms with Crippen LogP contribution in [0.4, 0.5) is 4.79 Å². The Morgan fingerprint density at radius 1 is 0.609 bits per heavy atom. The minimum atomic E-state index is -0.842. The lowest BCUT2D eigenvalue weighted by Gasteiger charge is -2.09. The quantitative estimate of drug-likeness (QED) is 0.0322. The molecule has 0 radical (unpaired) electrons. The van der Waals surface area contributed by atoms with Crippen molar-refractivity contribution < 1.29 is 42.9 Å². The molecule has 4 rings (SSSR count). The SMILES string of the molecule is C=CC(=O)OCCCCOC(=O)Oc1ccc(SC(=O)c2ccc(-c3ccc4cc(OCCOC(=O)C=C)ccc4c3)cc2)cc1. The highest BCUT2D eigenvalue weighted by Crippen LogP contribution is 2.29. The van der Waals surface area contributed by atoms with Crippen molar-refractivity contribution in [3.63, 3.8) is 0 Å². The summed E-state index contributed by atoms with van der Waals surface area (Å²) in [5, 5.41) is 1.91. The van der Waals surface area contributed by atoms with Crippen molar-refractivity contribution in [1.82, 2.24) is 0 Å². The number of unbranched alkanes of at least 4 members (excludes halogenated alkanes) is 1. The van der Waals surface area contributed by atoms with Gasteiger partial charge in [-0.3, -0.25) is 4.79 Å². The molecule has 9 nitrogen and oxygen atoms in total.